The maximum Gasteiger partial charge on any atom is 0.220 e. The van der Waals surface area contributed by atoms with Gasteiger partial charge in [-0.15, -0.1) is 0 Å². The van der Waals surface area contributed by atoms with E-state index in [0.29, 0.717) is 59.0 Å². The predicted molar refractivity (Wildman–Crippen MR) is 94.1 cm³/mol. The van der Waals surface area contributed by atoms with Crippen molar-refractivity contribution >= 4 is 11.7 Å². The summed E-state index contributed by atoms with van der Waals surface area (Å²) in [5, 5.41) is 2.86. The van der Waals surface area contributed by atoms with Crippen LogP contribution in [0.3, 0.4) is 0 Å². The first-order chi connectivity index (χ1) is 11.7. The van der Waals surface area contributed by atoms with E-state index < -0.39 is 0 Å². The van der Waals surface area contributed by atoms with Crippen LogP contribution in [0.15, 0.2) is 0 Å². The molecule has 24 heavy (non-hydrogen) atoms. The van der Waals surface area contributed by atoms with Crippen LogP contribution in [0.5, 0.6) is 0 Å². The molecule has 1 amide bonds. The summed E-state index contributed by atoms with van der Waals surface area (Å²) in [5.41, 5.74) is 0. The van der Waals surface area contributed by atoms with Crippen LogP contribution in [0, 0.1) is 0 Å². The van der Waals surface area contributed by atoms with Crippen LogP contribution in [0.25, 0.3) is 0 Å². The summed E-state index contributed by atoms with van der Waals surface area (Å²) in [4.78, 5) is 22.2. The Morgan fingerprint density at radius 3 is 1.96 bits per heavy atom. The normalized spacial score (nSPS) is 10.8. The van der Waals surface area contributed by atoms with E-state index in [0.717, 1.165) is 12.8 Å². The number of hydrogen-bond donors (Lipinski definition) is 1. The molecule has 0 aliphatic carbocycles. The molecule has 0 rings (SSSR count). The van der Waals surface area contributed by atoms with Gasteiger partial charge in [0.15, 0.2) is 0 Å². The maximum absolute atomic E-state index is 11.6. The standard InChI is InChI=1S/C18H35NO5/c1-3-4-5-6-7-8-18(21)19-10-12-23-14-16-24-15-13-22-11-9-17(2)20/h3-16H2,1-2H3,(H,19,21). The molecule has 0 aromatic heterocycles. The van der Waals surface area contributed by atoms with Gasteiger partial charge in [0.25, 0.3) is 0 Å². The van der Waals surface area contributed by atoms with Crippen LogP contribution in [0.4, 0.5) is 0 Å². The molecule has 0 heterocycles. The minimum atomic E-state index is 0.106. The Morgan fingerprint density at radius 1 is 0.750 bits per heavy atom. The molecule has 6 nitrogen and oxygen atoms in total. The Morgan fingerprint density at radius 2 is 1.33 bits per heavy atom. The predicted octanol–water partition coefficient (Wildman–Crippen LogP) is 2.49. The van der Waals surface area contributed by atoms with Gasteiger partial charge in [-0.05, 0) is 13.3 Å². The summed E-state index contributed by atoms with van der Waals surface area (Å²) in [6, 6.07) is 0. The van der Waals surface area contributed by atoms with Gasteiger partial charge in [0.05, 0.1) is 39.6 Å². The molecular formula is C18H35NO5. The van der Waals surface area contributed by atoms with Crippen molar-refractivity contribution in [2.75, 3.05) is 46.2 Å². The average Bonchev–Trinajstić information content (AvgIpc) is 2.55. The fraction of sp³-hybridized carbons (Fsp3) is 0.889. The summed E-state index contributed by atoms with van der Waals surface area (Å²) < 4.78 is 15.9. The topological polar surface area (TPSA) is 73.9 Å². The van der Waals surface area contributed by atoms with Crippen molar-refractivity contribution in [3.8, 4) is 0 Å². The molecule has 0 aromatic rings. The molecule has 0 saturated carbocycles. The zero-order valence-corrected chi connectivity index (χ0v) is 15.4. The van der Waals surface area contributed by atoms with Gasteiger partial charge in [-0.3, -0.25) is 9.59 Å². The molecule has 142 valence electrons. The summed E-state index contributed by atoms with van der Waals surface area (Å²) in [6.07, 6.45) is 6.85. The molecule has 0 atom stereocenters. The second-order valence-corrected chi connectivity index (χ2v) is 5.80. The number of rotatable bonds is 18. The third kappa shape index (κ3) is 19.1. The Bertz CT molecular complexity index is 310. The number of ketones is 1. The number of carbonyl (C=O) groups is 2. The van der Waals surface area contributed by atoms with E-state index in [2.05, 4.69) is 12.2 Å². The fourth-order valence-electron chi connectivity index (χ4n) is 2.00. The van der Waals surface area contributed by atoms with E-state index >= 15 is 0 Å². The number of carbonyl (C=O) groups excluding carboxylic acids is 2. The first-order valence-corrected chi connectivity index (χ1v) is 9.16. The highest BCUT2D eigenvalue weighted by molar-refractivity contribution is 5.75. The molecule has 0 aliphatic heterocycles. The van der Waals surface area contributed by atoms with Crippen LogP contribution in [0.2, 0.25) is 0 Å². The van der Waals surface area contributed by atoms with E-state index in [1.807, 2.05) is 0 Å². The van der Waals surface area contributed by atoms with Crippen LogP contribution < -0.4 is 5.32 Å². The minimum Gasteiger partial charge on any atom is -0.379 e. The zero-order chi connectivity index (χ0) is 17.9. The summed E-state index contributed by atoms with van der Waals surface area (Å²) >= 11 is 0. The summed E-state index contributed by atoms with van der Waals surface area (Å²) in [6.45, 7) is 7.21. The SMILES string of the molecule is CCCCCCCC(=O)NCCOCCOCCOCCC(C)=O. The molecule has 0 radical (unpaired) electrons. The Balaban J connectivity index is 3.13. The van der Waals surface area contributed by atoms with Gasteiger partial charge < -0.3 is 19.5 Å². The number of Topliss-reactive ketones (excluding diaryl/α,β-unsaturated/α-hetero) is 1. The lowest BCUT2D eigenvalue weighted by Crippen LogP contribution is -2.27. The van der Waals surface area contributed by atoms with E-state index in [9.17, 15) is 9.59 Å². The second kappa shape index (κ2) is 18.4. The second-order valence-electron chi connectivity index (χ2n) is 5.80. The van der Waals surface area contributed by atoms with Crippen molar-refractivity contribution in [2.24, 2.45) is 0 Å². The lowest BCUT2D eigenvalue weighted by Gasteiger charge is -2.07. The van der Waals surface area contributed by atoms with E-state index in [1.54, 1.807) is 6.92 Å². The van der Waals surface area contributed by atoms with Crippen molar-refractivity contribution < 1.29 is 23.8 Å². The van der Waals surface area contributed by atoms with Gasteiger partial charge in [0.1, 0.15) is 5.78 Å². The minimum absolute atomic E-state index is 0.106. The third-order valence-electron chi connectivity index (χ3n) is 3.42. The molecule has 0 spiro atoms. The van der Waals surface area contributed by atoms with E-state index in [1.165, 1.54) is 19.3 Å². The number of nitrogens with one attached hydrogen (secondary N) is 1. The van der Waals surface area contributed by atoms with Crippen LogP contribution in [-0.2, 0) is 23.8 Å². The lowest BCUT2D eigenvalue weighted by molar-refractivity contribution is -0.121. The molecule has 0 unspecified atom stereocenters. The molecule has 0 saturated heterocycles. The third-order valence-corrected chi connectivity index (χ3v) is 3.42. The van der Waals surface area contributed by atoms with Crippen LogP contribution in [-0.4, -0.2) is 57.9 Å². The molecular weight excluding hydrogens is 310 g/mol. The Kier molecular flexibility index (Phi) is 17.6. The van der Waals surface area contributed by atoms with E-state index in [-0.39, 0.29) is 11.7 Å². The Labute approximate surface area is 146 Å². The number of hydrogen-bond acceptors (Lipinski definition) is 5. The number of amides is 1. The molecule has 0 aliphatic rings. The van der Waals surface area contributed by atoms with Crippen LogP contribution in [0.1, 0.15) is 58.8 Å². The van der Waals surface area contributed by atoms with Crippen molar-refractivity contribution in [3.05, 3.63) is 0 Å². The summed E-state index contributed by atoms with van der Waals surface area (Å²) in [5.74, 6) is 0.238. The average molecular weight is 345 g/mol. The summed E-state index contributed by atoms with van der Waals surface area (Å²) in [7, 11) is 0. The van der Waals surface area contributed by atoms with Crippen molar-refractivity contribution in [2.45, 2.75) is 58.8 Å². The van der Waals surface area contributed by atoms with Crippen molar-refractivity contribution in [1.82, 2.24) is 5.32 Å². The van der Waals surface area contributed by atoms with Crippen LogP contribution >= 0.6 is 0 Å². The van der Waals surface area contributed by atoms with Crippen molar-refractivity contribution in [1.29, 1.82) is 0 Å². The van der Waals surface area contributed by atoms with Gasteiger partial charge in [0, 0.05) is 19.4 Å². The highest BCUT2D eigenvalue weighted by Gasteiger charge is 2.00. The fourth-order valence-corrected chi connectivity index (χ4v) is 2.00. The monoisotopic (exact) mass is 345 g/mol. The van der Waals surface area contributed by atoms with Gasteiger partial charge >= 0.3 is 0 Å². The molecule has 0 aromatic carbocycles. The van der Waals surface area contributed by atoms with E-state index in [4.69, 9.17) is 14.2 Å². The lowest BCUT2D eigenvalue weighted by atomic mass is 10.1. The van der Waals surface area contributed by atoms with Gasteiger partial charge in [0.2, 0.25) is 5.91 Å². The Hall–Kier alpha value is -0.980. The molecule has 1 N–H and O–H groups in total. The number of ether oxygens (including phenoxy) is 3. The van der Waals surface area contributed by atoms with Gasteiger partial charge in [-0.1, -0.05) is 32.6 Å². The molecule has 0 fully saturated rings. The van der Waals surface area contributed by atoms with Crippen molar-refractivity contribution in [3.63, 3.8) is 0 Å². The molecule has 0 bridgehead atoms. The first-order valence-electron chi connectivity index (χ1n) is 9.16. The smallest absolute Gasteiger partial charge is 0.220 e. The highest BCUT2D eigenvalue weighted by atomic mass is 16.5. The first kappa shape index (κ1) is 23.0. The largest absolute Gasteiger partial charge is 0.379 e. The number of unbranched alkanes of at least 4 members (excludes halogenated alkanes) is 4. The molecule has 6 heteroatoms. The highest BCUT2D eigenvalue weighted by Crippen LogP contribution is 2.04. The van der Waals surface area contributed by atoms with Gasteiger partial charge in [-0.25, -0.2) is 0 Å². The quantitative estimate of drug-likeness (QED) is 0.386. The zero-order valence-electron chi connectivity index (χ0n) is 15.4. The maximum atomic E-state index is 11.6. The van der Waals surface area contributed by atoms with Gasteiger partial charge in [-0.2, -0.15) is 0 Å².